The van der Waals surface area contributed by atoms with Crippen LogP contribution in [0.3, 0.4) is 0 Å². The summed E-state index contributed by atoms with van der Waals surface area (Å²) in [6, 6.07) is 7.25. The SMILES string of the molecule is Cn1nc(CC(=O)OC2CCCCC2)c2ccccc2c1=O. The van der Waals surface area contributed by atoms with E-state index in [1.807, 2.05) is 18.2 Å². The van der Waals surface area contributed by atoms with Gasteiger partial charge in [-0.2, -0.15) is 5.10 Å². The quantitative estimate of drug-likeness (QED) is 0.816. The van der Waals surface area contributed by atoms with Gasteiger partial charge in [0.2, 0.25) is 0 Å². The molecular weight excluding hydrogens is 280 g/mol. The van der Waals surface area contributed by atoms with Crippen LogP contribution in [-0.4, -0.2) is 21.9 Å². The first kappa shape index (κ1) is 14.8. The minimum Gasteiger partial charge on any atom is -0.462 e. The summed E-state index contributed by atoms with van der Waals surface area (Å²) in [5.74, 6) is -0.261. The van der Waals surface area contributed by atoms with Crippen molar-refractivity contribution in [3.05, 3.63) is 40.3 Å². The van der Waals surface area contributed by atoms with Crippen LogP contribution < -0.4 is 5.56 Å². The van der Waals surface area contributed by atoms with Gasteiger partial charge in [-0.1, -0.05) is 24.6 Å². The second-order valence-electron chi connectivity index (χ2n) is 5.85. The number of hydrogen-bond acceptors (Lipinski definition) is 4. The highest BCUT2D eigenvalue weighted by Crippen LogP contribution is 2.21. The highest BCUT2D eigenvalue weighted by atomic mass is 16.5. The van der Waals surface area contributed by atoms with Crippen LogP contribution >= 0.6 is 0 Å². The van der Waals surface area contributed by atoms with Crippen molar-refractivity contribution < 1.29 is 9.53 Å². The molecule has 1 saturated carbocycles. The normalized spacial score (nSPS) is 15.9. The Kier molecular flexibility index (Phi) is 4.22. The number of benzene rings is 1. The summed E-state index contributed by atoms with van der Waals surface area (Å²) in [7, 11) is 1.60. The molecule has 1 aromatic heterocycles. The number of carbonyl (C=O) groups is 1. The topological polar surface area (TPSA) is 61.2 Å². The molecule has 0 unspecified atom stereocenters. The molecule has 1 aliphatic carbocycles. The zero-order chi connectivity index (χ0) is 15.5. The van der Waals surface area contributed by atoms with Crippen LogP contribution in [0.2, 0.25) is 0 Å². The Hall–Kier alpha value is -2.17. The number of aromatic nitrogens is 2. The van der Waals surface area contributed by atoms with Gasteiger partial charge < -0.3 is 4.74 Å². The standard InChI is InChI=1S/C17H20N2O3/c1-19-17(21)14-10-6-5-9-13(14)15(18-19)11-16(20)22-12-7-3-2-4-8-12/h5-6,9-10,12H,2-4,7-8,11H2,1H3. The zero-order valence-electron chi connectivity index (χ0n) is 12.7. The van der Waals surface area contributed by atoms with Crippen LogP contribution in [0.5, 0.6) is 0 Å². The van der Waals surface area contributed by atoms with E-state index in [0.29, 0.717) is 11.1 Å². The number of nitrogens with zero attached hydrogens (tertiary/aromatic N) is 2. The predicted molar refractivity (Wildman–Crippen MR) is 83.7 cm³/mol. The number of carbonyl (C=O) groups excluding carboxylic acids is 1. The van der Waals surface area contributed by atoms with Gasteiger partial charge in [0.15, 0.2) is 0 Å². The predicted octanol–water partition coefficient (Wildman–Crippen LogP) is 2.35. The average molecular weight is 300 g/mol. The molecule has 0 aliphatic heterocycles. The summed E-state index contributed by atoms with van der Waals surface area (Å²) in [5.41, 5.74) is 0.443. The molecule has 5 nitrogen and oxygen atoms in total. The van der Waals surface area contributed by atoms with E-state index >= 15 is 0 Å². The Morgan fingerprint density at radius 3 is 2.64 bits per heavy atom. The van der Waals surface area contributed by atoms with Crippen molar-refractivity contribution in [3.8, 4) is 0 Å². The van der Waals surface area contributed by atoms with Gasteiger partial charge in [-0.05, 0) is 31.7 Å². The highest BCUT2D eigenvalue weighted by Gasteiger charge is 2.19. The lowest BCUT2D eigenvalue weighted by Gasteiger charge is -2.21. The van der Waals surface area contributed by atoms with E-state index in [-0.39, 0.29) is 24.1 Å². The first-order valence-electron chi connectivity index (χ1n) is 7.79. The van der Waals surface area contributed by atoms with Crippen LogP contribution in [0.1, 0.15) is 37.8 Å². The Morgan fingerprint density at radius 2 is 1.91 bits per heavy atom. The molecule has 1 aliphatic rings. The molecular formula is C17H20N2O3. The van der Waals surface area contributed by atoms with Crippen molar-refractivity contribution in [2.24, 2.45) is 7.05 Å². The number of hydrogen-bond donors (Lipinski definition) is 0. The van der Waals surface area contributed by atoms with Crippen LogP contribution in [0, 0.1) is 0 Å². The van der Waals surface area contributed by atoms with E-state index in [1.165, 1.54) is 11.1 Å². The molecule has 2 aromatic rings. The minimum absolute atomic E-state index is 0.0417. The van der Waals surface area contributed by atoms with Crippen molar-refractivity contribution in [1.82, 2.24) is 9.78 Å². The van der Waals surface area contributed by atoms with Gasteiger partial charge in [-0.25, -0.2) is 4.68 Å². The summed E-state index contributed by atoms with van der Waals surface area (Å²) in [5, 5.41) is 5.55. The maximum atomic E-state index is 12.2. The molecule has 1 aromatic carbocycles. The van der Waals surface area contributed by atoms with Gasteiger partial charge in [0.25, 0.3) is 5.56 Å². The Bertz CT molecular complexity index is 745. The molecule has 0 saturated heterocycles. The van der Waals surface area contributed by atoms with Crippen LogP contribution in [-0.2, 0) is 23.0 Å². The molecule has 0 spiro atoms. The fourth-order valence-electron chi connectivity index (χ4n) is 3.05. The number of rotatable bonds is 3. The van der Waals surface area contributed by atoms with E-state index in [2.05, 4.69) is 5.10 Å². The Balaban J connectivity index is 1.82. The maximum Gasteiger partial charge on any atom is 0.312 e. The molecule has 1 fully saturated rings. The van der Waals surface area contributed by atoms with Crippen molar-refractivity contribution in [2.75, 3.05) is 0 Å². The highest BCUT2D eigenvalue weighted by molar-refractivity contribution is 5.86. The van der Waals surface area contributed by atoms with Crippen LogP contribution in [0.15, 0.2) is 29.1 Å². The third-order valence-electron chi connectivity index (χ3n) is 4.20. The first-order valence-corrected chi connectivity index (χ1v) is 7.79. The van der Waals surface area contributed by atoms with Gasteiger partial charge in [0.05, 0.1) is 17.5 Å². The number of esters is 1. The van der Waals surface area contributed by atoms with E-state index in [4.69, 9.17) is 4.74 Å². The van der Waals surface area contributed by atoms with Crippen LogP contribution in [0.4, 0.5) is 0 Å². The number of aryl methyl sites for hydroxylation is 1. The molecule has 0 radical (unpaired) electrons. The van der Waals surface area contributed by atoms with Crippen molar-refractivity contribution >= 4 is 16.7 Å². The number of ether oxygens (including phenoxy) is 1. The zero-order valence-corrected chi connectivity index (χ0v) is 12.7. The third kappa shape index (κ3) is 3.03. The molecule has 0 N–H and O–H groups in total. The van der Waals surface area contributed by atoms with Crippen molar-refractivity contribution in [1.29, 1.82) is 0 Å². The van der Waals surface area contributed by atoms with Gasteiger partial charge in [-0.3, -0.25) is 9.59 Å². The smallest absolute Gasteiger partial charge is 0.312 e. The van der Waals surface area contributed by atoms with E-state index in [9.17, 15) is 9.59 Å². The minimum atomic E-state index is -0.261. The largest absolute Gasteiger partial charge is 0.462 e. The summed E-state index contributed by atoms with van der Waals surface area (Å²) >= 11 is 0. The Labute approximate surface area is 128 Å². The summed E-state index contributed by atoms with van der Waals surface area (Å²) in [4.78, 5) is 24.2. The lowest BCUT2D eigenvalue weighted by atomic mass is 9.98. The fourth-order valence-corrected chi connectivity index (χ4v) is 3.05. The molecule has 22 heavy (non-hydrogen) atoms. The van der Waals surface area contributed by atoms with Crippen molar-refractivity contribution in [2.45, 2.75) is 44.6 Å². The molecule has 0 bridgehead atoms. The molecule has 5 heteroatoms. The number of fused-ring (bicyclic) bond motifs is 1. The second-order valence-corrected chi connectivity index (χ2v) is 5.85. The summed E-state index contributed by atoms with van der Waals surface area (Å²) < 4.78 is 6.83. The monoisotopic (exact) mass is 300 g/mol. The lowest BCUT2D eigenvalue weighted by Crippen LogP contribution is -2.25. The van der Waals surface area contributed by atoms with E-state index in [0.717, 1.165) is 31.1 Å². The molecule has 3 rings (SSSR count). The second kappa shape index (κ2) is 6.30. The van der Waals surface area contributed by atoms with Crippen molar-refractivity contribution in [3.63, 3.8) is 0 Å². The van der Waals surface area contributed by atoms with Gasteiger partial charge >= 0.3 is 5.97 Å². The molecule has 116 valence electrons. The van der Waals surface area contributed by atoms with Gasteiger partial charge in [0.1, 0.15) is 6.10 Å². The Morgan fingerprint density at radius 1 is 1.23 bits per heavy atom. The molecule has 0 atom stereocenters. The van der Waals surface area contributed by atoms with Crippen LogP contribution in [0.25, 0.3) is 10.8 Å². The first-order chi connectivity index (χ1) is 10.6. The fraction of sp³-hybridized carbons (Fsp3) is 0.471. The lowest BCUT2D eigenvalue weighted by molar-refractivity contribution is -0.149. The van der Waals surface area contributed by atoms with E-state index in [1.54, 1.807) is 13.1 Å². The third-order valence-corrected chi connectivity index (χ3v) is 4.20. The summed E-state index contributed by atoms with van der Waals surface area (Å²) in [6.45, 7) is 0. The summed E-state index contributed by atoms with van der Waals surface area (Å²) in [6.07, 6.45) is 5.52. The van der Waals surface area contributed by atoms with Gasteiger partial charge in [-0.15, -0.1) is 0 Å². The molecule has 1 heterocycles. The molecule has 0 amide bonds. The maximum absolute atomic E-state index is 12.2. The van der Waals surface area contributed by atoms with Gasteiger partial charge in [0, 0.05) is 12.4 Å². The van der Waals surface area contributed by atoms with E-state index < -0.39 is 0 Å². The average Bonchev–Trinajstić information content (AvgIpc) is 2.53.